The molecule has 1 aromatic carbocycles. The van der Waals surface area contributed by atoms with Crippen molar-refractivity contribution in [1.29, 1.82) is 0 Å². The third-order valence-corrected chi connectivity index (χ3v) is 8.20. The number of rotatable bonds is 10. The Bertz CT molecular complexity index is 1050. The zero-order valence-corrected chi connectivity index (χ0v) is 24.1. The maximum Gasteiger partial charge on any atom is 0.338 e. The van der Waals surface area contributed by atoms with Crippen LogP contribution in [0.1, 0.15) is 68.4 Å². The summed E-state index contributed by atoms with van der Waals surface area (Å²) in [5.41, 5.74) is 4.00. The highest BCUT2D eigenvalue weighted by Gasteiger charge is 2.45. The van der Waals surface area contributed by atoms with Crippen LogP contribution in [0.25, 0.3) is 0 Å². The van der Waals surface area contributed by atoms with Crippen molar-refractivity contribution in [2.75, 3.05) is 26.3 Å². The average Bonchev–Trinajstić information content (AvgIpc) is 3.54. The van der Waals surface area contributed by atoms with Crippen LogP contribution in [0.2, 0.25) is 0 Å². The van der Waals surface area contributed by atoms with Gasteiger partial charge in [-0.1, -0.05) is 23.3 Å². The summed E-state index contributed by atoms with van der Waals surface area (Å²) in [5.74, 6) is 0.400. The van der Waals surface area contributed by atoms with Crippen LogP contribution in [0.3, 0.4) is 0 Å². The van der Waals surface area contributed by atoms with E-state index in [-0.39, 0.29) is 5.97 Å². The summed E-state index contributed by atoms with van der Waals surface area (Å²) in [6.07, 6.45) is 1.34. The van der Waals surface area contributed by atoms with Gasteiger partial charge in [0, 0.05) is 12.0 Å². The van der Waals surface area contributed by atoms with E-state index < -0.39 is 37.3 Å². The zero-order valence-electron chi connectivity index (χ0n) is 24.1. The fourth-order valence-corrected chi connectivity index (χ4v) is 5.88. The third-order valence-electron chi connectivity index (χ3n) is 8.20. The molecule has 0 radical (unpaired) electrons. The highest BCUT2D eigenvalue weighted by atomic mass is 16.7. The first-order valence-electron chi connectivity index (χ1n) is 14.4. The molecule has 3 fully saturated rings. The van der Waals surface area contributed by atoms with Crippen molar-refractivity contribution in [2.24, 2.45) is 5.92 Å². The number of carbonyl (C=O) groups excluding carboxylic acids is 1. The molecule has 40 heavy (non-hydrogen) atoms. The number of ether oxygens (including phenoxy) is 3. The number of benzene rings is 1. The van der Waals surface area contributed by atoms with Gasteiger partial charge in [-0.3, -0.25) is 4.90 Å². The maximum absolute atomic E-state index is 13.3. The van der Waals surface area contributed by atoms with Crippen molar-refractivity contribution in [3.05, 3.63) is 52.1 Å². The minimum absolute atomic E-state index is 0.357. The van der Waals surface area contributed by atoms with Crippen LogP contribution in [0.4, 0.5) is 0 Å². The van der Waals surface area contributed by atoms with E-state index in [1.54, 1.807) is 12.1 Å². The molecule has 3 aliphatic heterocycles. The van der Waals surface area contributed by atoms with Gasteiger partial charge >= 0.3 is 5.97 Å². The van der Waals surface area contributed by atoms with Crippen LogP contribution in [-0.4, -0.2) is 94.3 Å². The lowest BCUT2D eigenvalue weighted by atomic mass is 9.97. The van der Waals surface area contributed by atoms with Crippen LogP contribution in [0, 0.1) is 5.92 Å². The van der Waals surface area contributed by atoms with E-state index in [1.165, 1.54) is 6.42 Å². The van der Waals surface area contributed by atoms with Crippen molar-refractivity contribution in [2.45, 2.75) is 96.5 Å². The Morgan fingerprint density at radius 1 is 0.975 bits per heavy atom. The molecule has 0 aliphatic carbocycles. The lowest BCUT2D eigenvalue weighted by Gasteiger charge is -2.40. The normalized spacial score (nSPS) is 30.1. The summed E-state index contributed by atoms with van der Waals surface area (Å²) in [5, 5.41) is 40.8. The smallest absolute Gasteiger partial charge is 0.338 e. The molecule has 3 heterocycles. The van der Waals surface area contributed by atoms with Gasteiger partial charge in [0.2, 0.25) is 6.29 Å². The molecule has 3 aliphatic rings. The van der Waals surface area contributed by atoms with E-state index in [0.29, 0.717) is 53.8 Å². The van der Waals surface area contributed by atoms with E-state index >= 15 is 0 Å². The molecule has 0 unspecified atom stereocenters. The number of hydrogen-bond acceptors (Lipinski definition) is 9. The second-order valence-electron chi connectivity index (χ2n) is 11.8. The Labute approximate surface area is 237 Å². The standard InChI is InChI=1S/C31H45NO8/c1-18(2)7-9-20-14-23(30(37)38-17-22-11-13-32-12-5-6-24(22)32)15-21(10-8-19(3)4)29(20)40-31-28(36)27(35)26(34)25(16-33)39-31/h7-8,14-15,22,24-28,31,33-36H,5-6,9-13,16-17H2,1-4H3/t22-,24+,25-,26-,27-,28+,31-/m1/s1. The van der Waals surface area contributed by atoms with Gasteiger partial charge in [0.05, 0.1) is 18.8 Å². The Morgan fingerprint density at radius 3 is 2.23 bits per heavy atom. The molecule has 222 valence electrons. The molecular weight excluding hydrogens is 514 g/mol. The molecule has 0 spiro atoms. The Morgan fingerprint density at radius 2 is 1.62 bits per heavy atom. The molecule has 3 saturated heterocycles. The van der Waals surface area contributed by atoms with E-state index in [0.717, 1.165) is 37.1 Å². The Kier molecular flexibility index (Phi) is 10.4. The SMILES string of the molecule is CC(C)=CCc1cc(C(=O)OC[C@H]2CCN3CCC[C@@H]23)cc(CC=C(C)C)c1O[C@H]1O[C@H](CO)[C@@H](O)[C@@H](O)[C@@H]1O. The number of carbonyl (C=O) groups is 1. The lowest BCUT2D eigenvalue weighted by Crippen LogP contribution is -2.60. The Hall–Kier alpha value is -2.27. The number of allylic oxidation sites excluding steroid dienone is 4. The summed E-state index contributed by atoms with van der Waals surface area (Å²) in [6.45, 7) is 9.97. The van der Waals surface area contributed by atoms with Gasteiger partial charge in [-0.2, -0.15) is 0 Å². The van der Waals surface area contributed by atoms with Crippen LogP contribution in [-0.2, 0) is 22.3 Å². The first-order chi connectivity index (χ1) is 19.1. The second-order valence-corrected chi connectivity index (χ2v) is 11.8. The van der Waals surface area contributed by atoms with E-state index in [4.69, 9.17) is 14.2 Å². The van der Waals surface area contributed by atoms with Crippen LogP contribution in [0.5, 0.6) is 5.75 Å². The highest BCUT2D eigenvalue weighted by molar-refractivity contribution is 5.90. The quantitative estimate of drug-likeness (QED) is 0.252. The van der Waals surface area contributed by atoms with Gasteiger partial charge in [-0.15, -0.1) is 0 Å². The molecule has 7 atom stereocenters. The summed E-state index contributed by atoms with van der Waals surface area (Å²) in [4.78, 5) is 15.8. The maximum atomic E-state index is 13.3. The first-order valence-corrected chi connectivity index (χ1v) is 14.4. The minimum atomic E-state index is -1.56. The number of aliphatic hydroxyl groups is 4. The van der Waals surface area contributed by atoms with Gasteiger partial charge in [-0.25, -0.2) is 4.79 Å². The van der Waals surface area contributed by atoms with Gasteiger partial charge in [0.1, 0.15) is 30.2 Å². The molecule has 4 N–H and O–H groups in total. The van der Waals surface area contributed by atoms with Crippen molar-refractivity contribution in [1.82, 2.24) is 4.90 Å². The summed E-state index contributed by atoms with van der Waals surface area (Å²) < 4.78 is 17.7. The molecule has 0 bridgehead atoms. The van der Waals surface area contributed by atoms with Crippen LogP contribution < -0.4 is 4.74 Å². The number of aliphatic hydroxyl groups excluding tert-OH is 4. The highest BCUT2D eigenvalue weighted by Crippen LogP contribution is 2.35. The molecule has 0 aromatic heterocycles. The molecule has 9 nitrogen and oxygen atoms in total. The number of hydrogen-bond donors (Lipinski definition) is 4. The number of fused-ring (bicyclic) bond motifs is 1. The fourth-order valence-electron chi connectivity index (χ4n) is 5.88. The molecule has 0 amide bonds. The predicted molar refractivity (Wildman–Crippen MR) is 150 cm³/mol. The van der Waals surface area contributed by atoms with Crippen molar-refractivity contribution in [3.63, 3.8) is 0 Å². The van der Waals surface area contributed by atoms with Gasteiger partial charge in [0.15, 0.2) is 0 Å². The second kappa shape index (κ2) is 13.6. The van der Waals surface area contributed by atoms with E-state index in [9.17, 15) is 25.2 Å². The predicted octanol–water partition coefficient (Wildman–Crippen LogP) is 2.52. The molecule has 1 aromatic rings. The van der Waals surface area contributed by atoms with Gasteiger partial charge < -0.3 is 34.6 Å². The van der Waals surface area contributed by atoms with Gasteiger partial charge in [0.25, 0.3) is 0 Å². The van der Waals surface area contributed by atoms with Crippen molar-refractivity contribution >= 4 is 5.97 Å². The fraction of sp³-hybridized carbons (Fsp3) is 0.645. The summed E-state index contributed by atoms with van der Waals surface area (Å²) in [6, 6.07) is 4.01. The number of nitrogens with zero attached hydrogens (tertiary/aromatic N) is 1. The summed E-state index contributed by atoms with van der Waals surface area (Å²) in [7, 11) is 0. The Balaban J connectivity index is 1.63. The molecule has 4 rings (SSSR count). The molecule has 0 saturated carbocycles. The van der Waals surface area contributed by atoms with Crippen molar-refractivity contribution < 1.29 is 39.4 Å². The number of esters is 1. The monoisotopic (exact) mass is 559 g/mol. The largest absolute Gasteiger partial charge is 0.462 e. The third kappa shape index (κ3) is 7.13. The lowest BCUT2D eigenvalue weighted by molar-refractivity contribution is -0.277. The van der Waals surface area contributed by atoms with E-state index in [2.05, 4.69) is 4.90 Å². The molecular formula is C31H45NO8. The van der Waals surface area contributed by atoms with Crippen LogP contribution in [0.15, 0.2) is 35.4 Å². The van der Waals surface area contributed by atoms with E-state index in [1.807, 2.05) is 39.8 Å². The average molecular weight is 560 g/mol. The van der Waals surface area contributed by atoms with Gasteiger partial charge in [-0.05, 0) is 96.1 Å². The van der Waals surface area contributed by atoms with Crippen molar-refractivity contribution in [3.8, 4) is 5.75 Å². The minimum Gasteiger partial charge on any atom is -0.462 e. The first kappa shape index (κ1) is 30.7. The molecule has 9 heteroatoms. The topological polar surface area (TPSA) is 129 Å². The summed E-state index contributed by atoms with van der Waals surface area (Å²) >= 11 is 0. The zero-order chi connectivity index (χ0) is 29.0. The van der Waals surface area contributed by atoms with Crippen LogP contribution >= 0.6 is 0 Å².